The molecule has 0 aromatic heterocycles. The minimum atomic E-state index is -0.0952. The fourth-order valence-electron chi connectivity index (χ4n) is 3.52. The number of benzene rings is 2. The van der Waals surface area contributed by atoms with Crippen molar-refractivity contribution in [2.45, 2.75) is 38.1 Å². The summed E-state index contributed by atoms with van der Waals surface area (Å²) >= 11 is 0. The molecule has 2 aromatic carbocycles. The first-order chi connectivity index (χ1) is 12.1. The minimum Gasteiger partial charge on any atom is -0.399 e. The first kappa shape index (κ1) is 17.5. The van der Waals surface area contributed by atoms with Crippen LogP contribution in [0.5, 0.6) is 0 Å². The average Bonchev–Trinajstić information content (AvgIpc) is 2.62. The fraction of sp³-hybridized carbons (Fsp3) is 0.381. The number of rotatable bonds is 5. The molecule has 0 spiro atoms. The molecule has 1 saturated heterocycles. The number of hydrogen-bond acceptors (Lipinski definition) is 3. The summed E-state index contributed by atoms with van der Waals surface area (Å²) in [4.78, 5) is 14.9. The van der Waals surface area contributed by atoms with Gasteiger partial charge in [-0.15, -0.1) is 0 Å². The molecule has 1 aliphatic rings. The molecule has 2 aromatic rings. The molecule has 4 nitrogen and oxygen atoms in total. The van der Waals surface area contributed by atoms with E-state index in [1.807, 2.05) is 18.2 Å². The van der Waals surface area contributed by atoms with Gasteiger partial charge in [-0.25, -0.2) is 0 Å². The number of nitrogens with two attached hydrogens (primary N) is 1. The van der Waals surface area contributed by atoms with E-state index in [-0.39, 0.29) is 5.91 Å². The number of para-hydroxylation sites is 1. The molecule has 0 radical (unpaired) electrons. The topological polar surface area (TPSA) is 58.4 Å². The summed E-state index contributed by atoms with van der Waals surface area (Å²) in [5.74, 6) is -0.0952. The normalized spacial score (nSPS) is 18.0. The van der Waals surface area contributed by atoms with Crippen LogP contribution in [-0.4, -0.2) is 30.4 Å². The highest BCUT2D eigenvalue weighted by Gasteiger charge is 2.19. The summed E-state index contributed by atoms with van der Waals surface area (Å²) in [7, 11) is 2.22. The summed E-state index contributed by atoms with van der Waals surface area (Å²) in [6, 6.07) is 15.8. The van der Waals surface area contributed by atoms with Gasteiger partial charge in [0.1, 0.15) is 0 Å². The van der Waals surface area contributed by atoms with Crippen LogP contribution in [0.3, 0.4) is 0 Å². The zero-order valence-corrected chi connectivity index (χ0v) is 14.9. The number of hydrogen-bond donors (Lipinski definition) is 2. The number of aryl methyl sites for hydroxylation is 1. The predicted molar refractivity (Wildman–Crippen MR) is 104 cm³/mol. The van der Waals surface area contributed by atoms with Crippen LogP contribution in [0.15, 0.2) is 48.5 Å². The van der Waals surface area contributed by atoms with Crippen LogP contribution in [0.2, 0.25) is 0 Å². The van der Waals surface area contributed by atoms with Crippen LogP contribution >= 0.6 is 0 Å². The average molecular weight is 337 g/mol. The second kappa shape index (κ2) is 8.17. The van der Waals surface area contributed by atoms with Crippen molar-refractivity contribution in [2.24, 2.45) is 0 Å². The van der Waals surface area contributed by atoms with Gasteiger partial charge in [-0.3, -0.25) is 4.79 Å². The molecule has 1 atom stereocenters. The molecule has 132 valence electrons. The van der Waals surface area contributed by atoms with Gasteiger partial charge in [0, 0.05) is 23.0 Å². The Morgan fingerprint density at radius 2 is 1.92 bits per heavy atom. The number of nitrogens with zero attached hydrogens (tertiary/aromatic N) is 1. The molecule has 25 heavy (non-hydrogen) atoms. The molecule has 0 aliphatic carbocycles. The van der Waals surface area contributed by atoms with Gasteiger partial charge in [-0.05, 0) is 75.2 Å². The van der Waals surface area contributed by atoms with Crippen LogP contribution in [-0.2, 0) is 6.42 Å². The Balaban J connectivity index is 1.66. The molecule has 1 aliphatic heterocycles. The quantitative estimate of drug-likeness (QED) is 0.813. The number of carbonyl (C=O) groups excluding carboxylic acids is 1. The number of carbonyl (C=O) groups is 1. The van der Waals surface area contributed by atoms with Crippen molar-refractivity contribution in [1.82, 2.24) is 4.90 Å². The van der Waals surface area contributed by atoms with Crippen LogP contribution in [0.25, 0.3) is 0 Å². The Bertz CT molecular complexity index is 711. The summed E-state index contributed by atoms with van der Waals surface area (Å²) < 4.78 is 0. The van der Waals surface area contributed by atoms with E-state index in [0.29, 0.717) is 17.3 Å². The summed E-state index contributed by atoms with van der Waals surface area (Å²) in [5.41, 5.74) is 9.08. The lowest BCUT2D eigenvalue weighted by Gasteiger charge is -2.32. The van der Waals surface area contributed by atoms with E-state index in [4.69, 9.17) is 5.73 Å². The van der Waals surface area contributed by atoms with Crippen molar-refractivity contribution in [3.05, 3.63) is 59.7 Å². The van der Waals surface area contributed by atoms with Gasteiger partial charge in [-0.2, -0.15) is 0 Å². The van der Waals surface area contributed by atoms with Gasteiger partial charge in [0.25, 0.3) is 5.91 Å². The Morgan fingerprint density at radius 1 is 1.16 bits per heavy atom. The van der Waals surface area contributed by atoms with Crippen molar-refractivity contribution in [1.29, 1.82) is 0 Å². The molecule has 3 N–H and O–H groups in total. The zero-order chi connectivity index (χ0) is 17.6. The number of amides is 1. The van der Waals surface area contributed by atoms with Crippen molar-refractivity contribution >= 4 is 17.3 Å². The van der Waals surface area contributed by atoms with Crippen LogP contribution < -0.4 is 11.1 Å². The van der Waals surface area contributed by atoms with E-state index < -0.39 is 0 Å². The summed E-state index contributed by atoms with van der Waals surface area (Å²) in [6.45, 7) is 1.19. The van der Waals surface area contributed by atoms with Crippen molar-refractivity contribution < 1.29 is 4.79 Å². The molecule has 1 unspecified atom stereocenters. The Labute approximate surface area is 150 Å². The third-order valence-electron chi connectivity index (χ3n) is 5.11. The second-order valence-electron chi connectivity index (χ2n) is 6.90. The largest absolute Gasteiger partial charge is 0.399 e. The standard InChI is InChI=1S/C21H27N3O/c1-24-15-5-4-7-19(24)14-11-16-6-2-3-8-20(16)23-21(25)17-9-12-18(22)13-10-17/h2-3,6,8-10,12-13,19H,4-5,7,11,14-15,22H2,1H3,(H,23,25). The SMILES string of the molecule is CN1CCCCC1CCc1ccccc1NC(=O)c1ccc(N)cc1. The number of nitrogens with one attached hydrogen (secondary N) is 1. The van der Waals surface area contributed by atoms with Crippen molar-refractivity contribution in [3.63, 3.8) is 0 Å². The van der Waals surface area contributed by atoms with E-state index in [2.05, 4.69) is 23.3 Å². The molecular weight excluding hydrogens is 310 g/mol. The smallest absolute Gasteiger partial charge is 0.255 e. The van der Waals surface area contributed by atoms with Crippen LogP contribution in [0.4, 0.5) is 11.4 Å². The lowest BCUT2D eigenvalue weighted by molar-refractivity contribution is 0.102. The van der Waals surface area contributed by atoms with Crippen molar-refractivity contribution in [2.75, 3.05) is 24.6 Å². The highest BCUT2D eigenvalue weighted by Crippen LogP contribution is 2.23. The number of piperidine rings is 1. The number of likely N-dealkylation sites (tertiary alicyclic amines) is 1. The molecule has 0 saturated carbocycles. The van der Waals surface area contributed by atoms with Gasteiger partial charge in [0.2, 0.25) is 0 Å². The maximum absolute atomic E-state index is 12.5. The van der Waals surface area contributed by atoms with Gasteiger partial charge < -0.3 is 16.0 Å². The third-order valence-corrected chi connectivity index (χ3v) is 5.11. The Morgan fingerprint density at radius 3 is 2.68 bits per heavy atom. The van der Waals surface area contributed by atoms with Gasteiger partial charge in [0.15, 0.2) is 0 Å². The molecule has 1 amide bonds. The summed E-state index contributed by atoms with van der Waals surface area (Å²) in [5, 5.41) is 3.05. The maximum atomic E-state index is 12.5. The van der Waals surface area contributed by atoms with Crippen LogP contribution in [0.1, 0.15) is 41.6 Å². The van der Waals surface area contributed by atoms with Crippen LogP contribution in [0, 0.1) is 0 Å². The molecule has 3 rings (SSSR count). The molecule has 4 heteroatoms. The lowest BCUT2D eigenvalue weighted by Crippen LogP contribution is -2.36. The monoisotopic (exact) mass is 337 g/mol. The Kier molecular flexibility index (Phi) is 5.71. The van der Waals surface area contributed by atoms with Gasteiger partial charge >= 0.3 is 0 Å². The van der Waals surface area contributed by atoms with E-state index in [1.165, 1.54) is 31.4 Å². The molecule has 1 fully saturated rings. The van der Waals surface area contributed by atoms with E-state index in [9.17, 15) is 4.79 Å². The highest BCUT2D eigenvalue weighted by molar-refractivity contribution is 6.04. The summed E-state index contributed by atoms with van der Waals surface area (Å²) in [6.07, 6.45) is 6.01. The number of nitrogen functional groups attached to an aromatic ring is 1. The lowest BCUT2D eigenvalue weighted by atomic mass is 9.96. The van der Waals surface area contributed by atoms with E-state index in [0.717, 1.165) is 18.5 Å². The van der Waals surface area contributed by atoms with Crippen molar-refractivity contribution in [3.8, 4) is 0 Å². The first-order valence-corrected chi connectivity index (χ1v) is 9.08. The molecular formula is C21H27N3O. The van der Waals surface area contributed by atoms with E-state index >= 15 is 0 Å². The number of anilines is 2. The highest BCUT2D eigenvalue weighted by atomic mass is 16.1. The predicted octanol–water partition coefficient (Wildman–Crippen LogP) is 3.94. The third kappa shape index (κ3) is 4.60. The second-order valence-corrected chi connectivity index (χ2v) is 6.90. The molecule has 1 heterocycles. The fourth-order valence-corrected chi connectivity index (χ4v) is 3.52. The zero-order valence-electron chi connectivity index (χ0n) is 14.9. The maximum Gasteiger partial charge on any atom is 0.255 e. The van der Waals surface area contributed by atoms with E-state index in [1.54, 1.807) is 24.3 Å². The first-order valence-electron chi connectivity index (χ1n) is 9.08. The minimum absolute atomic E-state index is 0.0952. The van der Waals surface area contributed by atoms with Gasteiger partial charge in [-0.1, -0.05) is 24.6 Å². The van der Waals surface area contributed by atoms with Gasteiger partial charge in [0.05, 0.1) is 0 Å². The molecule has 0 bridgehead atoms. The Hall–Kier alpha value is -2.33.